The monoisotopic (exact) mass is 397 g/mol. The van der Waals surface area contributed by atoms with E-state index in [-0.39, 0.29) is 10.8 Å². The Morgan fingerprint density at radius 3 is 2.33 bits per heavy atom. The molecule has 1 fully saturated rings. The molecule has 152 valence electrons. The van der Waals surface area contributed by atoms with Gasteiger partial charge in [0.2, 0.25) is 15.9 Å². The molecule has 7 nitrogen and oxygen atoms in total. The van der Waals surface area contributed by atoms with Gasteiger partial charge in [0, 0.05) is 39.1 Å². The zero-order valence-electron chi connectivity index (χ0n) is 16.8. The number of hydrogen-bond donors (Lipinski definition) is 0. The number of sulfonamides is 1. The standard InChI is InChI=1S/C19H31N3O4S/c1-5-20(6-2)10-9-19(23)21-11-13-22(14-12-21)27(24,25)18-15-16(3)7-8-17(18)26-4/h7-8,15H,5-6,9-14H2,1-4H3. The van der Waals surface area contributed by atoms with Crippen LogP contribution >= 0.6 is 0 Å². The number of benzene rings is 1. The van der Waals surface area contributed by atoms with Crippen LogP contribution in [0.15, 0.2) is 23.1 Å². The Hall–Kier alpha value is -1.64. The van der Waals surface area contributed by atoms with Crippen molar-refractivity contribution < 1.29 is 17.9 Å². The Labute approximate surface area is 162 Å². The lowest BCUT2D eigenvalue weighted by molar-refractivity contribution is -0.132. The minimum absolute atomic E-state index is 0.0899. The van der Waals surface area contributed by atoms with Crippen molar-refractivity contribution in [1.29, 1.82) is 0 Å². The molecule has 27 heavy (non-hydrogen) atoms. The fourth-order valence-electron chi connectivity index (χ4n) is 3.25. The van der Waals surface area contributed by atoms with Gasteiger partial charge in [0.15, 0.2) is 0 Å². The first-order valence-corrected chi connectivity index (χ1v) is 10.9. The summed E-state index contributed by atoms with van der Waals surface area (Å²) >= 11 is 0. The third-order valence-electron chi connectivity index (χ3n) is 5.06. The van der Waals surface area contributed by atoms with Gasteiger partial charge >= 0.3 is 0 Å². The summed E-state index contributed by atoms with van der Waals surface area (Å²) in [5, 5.41) is 0. The van der Waals surface area contributed by atoms with Crippen molar-refractivity contribution in [2.45, 2.75) is 32.1 Å². The summed E-state index contributed by atoms with van der Waals surface area (Å²) < 4.78 is 32.7. The molecule has 0 bridgehead atoms. The van der Waals surface area contributed by atoms with E-state index in [0.717, 1.165) is 25.2 Å². The van der Waals surface area contributed by atoms with Crippen molar-refractivity contribution in [3.63, 3.8) is 0 Å². The van der Waals surface area contributed by atoms with E-state index in [2.05, 4.69) is 18.7 Å². The van der Waals surface area contributed by atoms with Crippen molar-refractivity contribution in [2.24, 2.45) is 0 Å². The number of ether oxygens (including phenoxy) is 1. The van der Waals surface area contributed by atoms with Gasteiger partial charge in [-0.05, 0) is 37.7 Å². The molecule has 1 aromatic carbocycles. The second-order valence-corrected chi connectivity index (χ2v) is 8.62. The minimum atomic E-state index is -3.65. The Kier molecular flexibility index (Phi) is 7.64. The van der Waals surface area contributed by atoms with Crippen LogP contribution in [-0.2, 0) is 14.8 Å². The quantitative estimate of drug-likeness (QED) is 0.666. The van der Waals surface area contributed by atoms with Crippen molar-refractivity contribution >= 4 is 15.9 Å². The number of hydrogen-bond acceptors (Lipinski definition) is 5. The van der Waals surface area contributed by atoms with Crippen molar-refractivity contribution in [1.82, 2.24) is 14.1 Å². The highest BCUT2D eigenvalue weighted by molar-refractivity contribution is 7.89. The molecule has 8 heteroatoms. The SMILES string of the molecule is CCN(CC)CCC(=O)N1CCN(S(=O)(=O)c2cc(C)ccc2OC)CC1. The molecule has 0 radical (unpaired) electrons. The second-order valence-electron chi connectivity index (χ2n) is 6.72. The average molecular weight is 398 g/mol. The van der Waals surface area contributed by atoms with E-state index in [1.165, 1.54) is 11.4 Å². The highest BCUT2D eigenvalue weighted by atomic mass is 32.2. The lowest BCUT2D eigenvalue weighted by Crippen LogP contribution is -2.50. The van der Waals surface area contributed by atoms with E-state index in [9.17, 15) is 13.2 Å². The number of methoxy groups -OCH3 is 1. The van der Waals surface area contributed by atoms with Crippen LogP contribution in [0.2, 0.25) is 0 Å². The number of amides is 1. The first-order chi connectivity index (χ1) is 12.8. The molecule has 0 atom stereocenters. The first-order valence-electron chi connectivity index (χ1n) is 9.48. The van der Waals surface area contributed by atoms with Crippen LogP contribution in [0.3, 0.4) is 0 Å². The molecule has 0 aromatic heterocycles. The van der Waals surface area contributed by atoms with Gasteiger partial charge in [0.25, 0.3) is 0 Å². The molecule has 0 unspecified atom stereocenters. The lowest BCUT2D eigenvalue weighted by atomic mass is 10.2. The Bertz CT molecular complexity index is 739. The fourth-order valence-corrected chi connectivity index (χ4v) is 4.92. The highest BCUT2D eigenvalue weighted by Crippen LogP contribution is 2.28. The van der Waals surface area contributed by atoms with E-state index in [4.69, 9.17) is 4.74 Å². The van der Waals surface area contributed by atoms with Gasteiger partial charge < -0.3 is 14.5 Å². The molecule has 0 spiro atoms. The summed E-state index contributed by atoms with van der Waals surface area (Å²) in [6.45, 7) is 10.0. The fraction of sp³-hybridized carbons (Fsp3) is 0.632. The van der Waals surface area contributed by atoms with Gasteiger partial charge in [-0.25, -0.2) is 8.42 Å². The van der Waals surface area contributed by atoms with Crippen LogP contribution in [0.4, 0.5) is 0 Å². The average Bonchev–Trinajstić information content (AvgIpc) is 2.68. The molecule has 2 rings (SSSR count). The minimum Gasteiger partial charge on any atom is -0.495 e. The first kappa shape index (κ1) is 21.7. The Balaban J connectivity index is 2.00. The van der Waals surface area contributed by atoms with Gasteiger partial charge in [-0.3, -0.25) is 4.79 Å². The molecule has 1 aliphatic rings. The number of aryl methyl sites for hydroxylation is 1. The van der Waals surface area contributed by atoms with E-state index < -0.39 is 10.0 Å². The molecule has 0 N–H and O–H groups in total. The number of nitrogens with zero attached hydrogens (tertiary/aromatic N) is 3. The molecular weight excluding hydrogens is 366 g/mol. The summed E-state index contributed by atoms with van der Waals surface area (Å²) in [4.78, 5) is 16.6. The maximum Gasteiger partial charge on any atom is 0.246 e. The Morgan fingerprint density at radius 1 is 1.15 bits per heavy atom. The normalized spacial score (nSPS) is 16.0. The summed E-state index contributed by atoms with van der Waals surface area (Å²) in [6, 6.07) is 5.13. The van der Waals surface area contributed by atoms with E-state index in [1.54, 1.807) is 17.0 Å². The smallest absolute Gasteiger partial charge is 0.246 e. The van der Waals surface area contributed by atoms with Crippen molar-refractivity contribution in [3.05, 3.63) is 23.8 Å². The van der Waals surface area contributed by atoms with Gasteiger partial charge in [0.1, 0.15) is 10.6 Å². The van der Waals surface area contributed by atoms with E-state index >= 15 is 0 Å². The maximum atomic E-state index is 13.0. The van der Waals surface area contributed by atoms with Crippen LogP contribution in [0.5, 0.6) is 5.75 Å². The molecule has 1 heterocycles. The number of carbonyl (C=O) groups is 1. The van der Waals surface area contributed by atoms with Crippen LogP contribution in [-0.4, -0.2) is 81.4 Å². The molecule has 1 aliphatic heterocycles. The molecule has 1 aromatic rings. The topological polar surface area (TPSA) is 70.2 Å². The second kappa shape index (κ2) is 9.52. The zero-order valence-corrected chi connectivity index (χ0v) is 17.6. The summed E-state index contributed by atoms with van der Waals surface area (Å²) in [5.74, 6) is 0.436. The number of rotatable bonds is 8. The van der Waals surface area contributed by atoms with Crippen LogP contribution in [0, 0.1) is 6.92 Å². The predicted octanol–water partition coefficient (Wildman–Crippen LogP) is 1.57. The van der Waals surface area contributed by atoms with Gasteiger partial charge in [-0.1, -0.05) is 19.9 Å². The molecular formula is C19H31N3O4S. The van der Waals surface area contributed by atoms with Gasteiger partial charge in [-0.15, -0.1) is 0 Å². The summed E-state index contributed by atoms with van der Waals surface area (Å²) in [6.07, 6.45) is 0.472. The maximum absolute atomic E-state index is 13.0. The van der Waals surface area contributed by atoms with E-state index in [1.807, 2.05) is 13.0 Å². The largest absolute Gasteiger partial charge is 0.495 e. The zero-order chi connectivity index (χ0) is 20.0. The number of piperazine rings is 1. The highest BCUT2D eigenvalue weighted by Gasteiger charge is 2.32. The molecule has 1 amide bonds. The van der Waals surface area contributed by atoms with Gasteiger partial charge in [0.05, 0.1) is 7.11 Å². The Morgan fingerprint density at radius 2 is 1.78 bits per heavy atom. The van der Waals surface area contributed by atoms with Crippen molar-refractivity contribution in [3.8, 4) is 5.75 Å². The lowest BCUT2D eigenvalue weighted by Gasteiger charge is -2.34. The van der Waals surface area contributed by atoms with E-state index in [0.29, 0.717) is 38.3 Å². The van der Waals surface area contributed by atoms with Crippen LogP contribution < -0.4 is 4.74 Å². The van der Waals surface area contributed by atoms with Crippen LogP contribution in [0.25, 0.3) is 0 Å². The van der Waals surface area contributed by atoms with Crippen LogP contribution in [0.1, 0.15) is 25.8 Å². The van der Waals surface area contributed by atoms with Gasteiger partial charge in [-0.2, -0.15) is 4.31 Å². The summed E-state index contributed by atoms with van der Waals surface area (Å²) in [7, 11) is -2.18. The number of carbonyl (C=O) groups excluding carboxylic acids is 1. The van der Waals surface area contributed by atoms with Crippen molar-refractivity contribution in [2.75, 3.05) is 52.9 Å². The summed E-state index contributed by atoms with van der Waals surface area (Å²) in [5.41, 5.74) is 0.861. The molecule has 1 saturated heterocycles. The molecule has 0 saturated carbocycles. The predicted molar refractivity (Wildman–Crippen MR) is 105 cm³/mol. The third-order valence-corrected chi connectivity index (χ3v) is 6.98. The third kappa shape index (κ3) is 5.21. The molecule has 0 aliphatic carbocycles.